The van der Waals surface area contributed by atoms with Gasteiger partial charge in [-0.1, -0.05) is 49.4 Å². The summed E-state index contributed by atoms with van der Waals surface area (Å²) in [5.74, 6) is 0.371. The molecule has 0 heterocycles. The minimum absolute atomic E-state index is 0.150. The van der Waals surface area contributed by atoms with Gasteiger partial charge in [-0.15, -0.1) is 0 Å². The van der Waals surface area contributed by atoms with Crippen LogP contribution < -0.4 is 14.4 Å². The number of anilines is 1. The average molecular weight is 455 g/mol. The second-order valence-electron chi connectivity index (χ2n) is 7.77. The maximum Gasteiger partial charge on any atom is 0.261 e. The normalized spacial score (nSPS) is 12.3. The molecule has 1 amide bonds. The van der Waals surface area contributed by atoms with E-state index < -0.39 is 16.1 Å². The van der Waals surface area contributed by atoms with Gasteiger partial charge in [0.15, 0.2) is 6.10 Å². The van der Waals surface area contributed by atoms with Gasteiger partial charge in [0.2, 0.25) is 10.0 Å². The lowest BCUT2D eigenvalue weighted by molar-refractivity contribution is -0.128. The molecule has 3 aromatic rings. The topological polar surface area (TPSA) is 75.7 Å². The Morgan fingerprint density at radius 3 is 2.41 bits per heavy atom. The Balaban J connectivity index is 1.51. The number of hydrogen-bond acceptors (Lipinski definition) is 4. The van der Waals surface area contributed by atoms with Crippen LogP contribution in [0, 0.1) is 0 Å². The molecule has 6 nitrogen and oxygen atoms in total. The first-order valence-corrected chi connectivity index (χ1v) is 12.6. The van der Waals surface area contributed by atoms with E-state index in [9.17, 15) is 13.2 Å². The minimum atomic E-state index is -3.33. The maximum absolute atomic E-state index is 12.6. The number of rotatable bonds is 10. The summed E-state index contributed by atoms with van der Waals surface area (Å²) in [7, 11) is -1.83. The van der Waals surface area contributed by atoms with Crippen LogP contribution in [0.1, 0.15) is 25.3 Å². The molecule has 0 aromatic heterocycles. The van der Waals surface area contributed by atoms with E-state index in [1.807, 2.05) is 19.1 Å². The van der Waals surface area contributed by atoms with Gasteiger partial charge in [-0.25, -0.2) is 8.42 Å². The molecular formula is C25H30N2O4S. The van der Waals surface area contributed by atoms with Crippen LogP contribution in [0.25, 0.3) is 10.8 Å². The zero-order chi connectivity index (χ0) is 23.1. The Labute approximate surface area is 190 Å². The molecule has 32 heavy (non-hydrogen) atoms. The highest BCUT2D eigenvalue weighted by molar-refractivity contribution is 7.92. The van der Waals surface area contributed by atoms with Gasteiger partial charge in [0.1, 0.15) is 5.75 Å². The summed E-state index contributed by atoms with van der Waals surface area (Å²) >= 11 is 0. The van der Waals surface area contributed by atoms with E-state index in [-0.39, 0.29) is 5.91 Å². The van der Waals surface area contributed by atoms with Crippen LogP contribution in [0.15, 0.2) is 66.7 Å². The summed E-state index contributed by atoms with van der Waals surface area (Å²) in [6, 6.07) is 21.3. The Kier molecular flexibility index (Phi) is 7.75. The number of carbonyl (C=O) groups is 1. The molecule has 1 N–H and O–H groups in total. The number of nitrogens with one attached hydrogen (secondary N) is 1. The van der Waals surface area contributed by atoms with Gasteiger partial charge in [-0.3, -0.25) is 9.10 Å². The number of ether oxygens (including phenoxy) is 1. The minimum Gasteiger partial charge on any atom is -0.481 e. The highest BCUT2D eigenvalue weighted by atomic mass is 32.2. The van der Waals surface area contributed by atoms with Crippen molar-refractivity contribution in [3.8, 4) is 5.75 Å². The molecule has 7 heteroatoms. The van der Waals surface area contributed by atoms with Crippen molar-refractivity contribution in [2.24, 2.45) is 0 Å². The standard InChI is InChI=1S/C25H30N2O4S/c1-4-24(31-22-16-14-21(15-17-22)27(2)32(3,29)30)25(28)26-18-8-12-20-11-7-10-19-9-5-6-13-23(19)20/h5-7,9-11,13-17,24H,4,8,12,18H2,1-3H3,(H,26,28). The number of sulfonamides is 1. The molecule has 0 saturated carbocycles. The van der Waals surface area contributed by atoms with E-state index in [1.54, 1.807) is 24.3 Å². The van der Waals surface area contributed by atoms with Gasteiger partial charge in [0.25, 0.3) is 5.91 Å². The molecule has 0 spiro atoms. The van der Waals surface area contributed by atoms with Crippen molar-refractivity contribution in [2.75, 3.05) is 24.2 Å². The molecule has 0 aliphatic rings. The van der Waals surface area contributed by atoms with Crippen LogP contribution in [0.3, 0.4) is 0 Å². The van der Waals surface area contributed by atoms with E-state index in [1.165, 1.54) is 27.7 Å². The lowest BCUT2D eigenvalue weighted by Gasteiger charge is -2.19. The third kappa shape index (κ3) is 6.01. The van der Waals surface area contributed by atoms with Crippen molar-refractivity contribution < 1.29 is 17.9 Å². The molecule has 1 atom stereocenters. The highest BCUT2D eigenvalue weighted by Crippen LogP contribution is 2.22. The molecule has 3 rings (SSSR count). The van der Waals surface area contributed by atoms with Crippen molar-refractivity contribution >= 4 is 32.4 Å². The zero-order valence-electron chi connectivity index (χ0n) is 18.7. The smallest absolute Gasteiger partial charge is 0.261 e. The molecular weight excluding hydrogens is 424 g/mol. The van der Waals surface area contributed by atoms with Crippen LogP contribution in [-0.2, 0) is 21.2 Å². The summed E-state index contributed by atoms with van der Waals surface area (Å²) < 4.78 is 30.3. The third-order valence-electron chi connectivity index (χ3n) is 5.44. The van der Waals surface area contributed by atoms with E-state index in [0.29, 0.717) is 24.4 Å². The van der Waals surface area contributed by atoms with Gasteiger partial charge in [0.05, 0.1) is 11.9 Å². The second kappa shape index (κ2) is 10.5. The third-order valence-corrected chi connectivity index (χ3v) is 6.65. The molecule has 0 radical (unpaired) electrons. The van der Waals surface area contributed by atoms with Crippen molar-refractivity contribution in [3.63, 3.8) is 0 Å². The molecule has 0 saturated heterocycles. The largest absolute Gasteiger partial charge is 0.481 e. The van der Waals surface area contributed by atoms with Crippen LogP contribution in [0.5, 0.6) is 5.75 Å². The molecule has 0 aliphatic carbocycles. The first-order chi connectivity index (χ1) is 15.3. The van der Waals surface area contributed by atoms with Crippen LogP contribution >= 0.6 is 0 Å². The fraction of sp³-hybridized carbons (Fsp3) is 0.320. The van der Waals surface area contributed by atoms with Gasteiger partial charge in [0, 0.05) is 13.6 Å². The quantitative estimate of drug-likeness (QED) is 0.467. The Morgan fingerprint density at radius 1 is 1.03 bits per heavy atom. The number of nitrogens with zero attached hydrogens (tertiary/aromatic N) is 1. The molecule has 0 bridgehead atoms. The lowest BCUT2D eigenvalue weighted by atomic mass is 10.0. The number of fused-ring (bicyclic) bond motifs is 1. The van der Waals surface area contributed by atoms with Crippen molar-refractivity contribution in [1.29, 1.82) is 0 Å². The Hall–Kier alpha value is -3.06. The van der Waals surface area contributed by atoms with Crippen molar-refractivity contribution in [3.05, 3.63) is 72.3 Å². The monoisotopic (exact) mass is 454 g/mol. The summed E-state index contributed by atoms with van der Waals surface area (Å²) in [6.07, 6.45) is 2.79. The number of hydrogen-bond donors (Lipinski definition) is 1. The Bertz CT molecular complexity index is 1150. The van der Waals surface area contributed by atoms with Gasteiger partial charge >= 0.3 is 0 Å². The van der Waals surface area contributed by atoms with Crippen molar-refractivity contribution in [2.45, 2.75) is 32.3 Å². The molecule has 170 valence electrons. The average Bonchev–Trinajstić information content (AvgIpc) is 2.79. The summed E-state index contributed by atoms with van der Waals surface area (Å²) in [5, 5.41) is 5.45. The first kappa shape index (κ1) is 23.6. The molecule has 0 fully saturated rings. The summed E-state index contributed by atoms with van der Waals surface area (Å²) in [4.78, 5) is 12.6. The second-order valence-corrected chi connectivity index (χ2v) is 9.79. The summed E-state index contributed by atoms with van der Waals surface area (Å²) in [6.45, 7) is 2.46. The zero-order valence-corrected chi connectivity index (χ0v) is 19.6. The number of aryl methyl sites for hydroxylation is 1. The highest BCUT2D eigenvalue weighted by Gasteiger charge is 2.18. The van der Waals surface area contributed by atoms with E-state index in [4.69, 9.17) is 4.74 Å². The van der Waals surface area contributed by atoms with Crippen LogP contribution in [-0.4, -0.2) is 40.3 Å². The summed E-state index contributed by atoms with van der Waals surface area (Å²) in [5.41, 5.74) is 1.81. The number of carbonyl (C=O) groups excluding carboxylic acids is 1. The van der Waals surface area contributed by atoms with Gasteiger partial charge in [-0.05, 0) is 59.9 Å². The SMILES string of the molecule is CCC(Oc1ccc(N(C)S(C)(=O)=O)cc1)C(=O)NCCCc1cccc2ccccc12. The first-order valence-electron chi connectivity index (χ1n) is 10.7. The number of benzene rings is 3. The van der Waals surface area contributed by atoms with E-state index in [2.05, 4.69) is 35.6 Å². The lowest BCUT2D eigenvalue weighted by Crippen LogP contribution is -2.38. The van der Waals surface area contributed by atoms with Gasteiger partial charge in [-0.2, -0.15) is 0 Å². The molecule has 0 aliphatic heterocycles. The van der Waals surface area contributed by atoms with E-state index >= 15 is 0 Å². The fourth-order valence-electron chi connectivity index (χ4n) is 3.53. The van der Waals surface area contributed by atoms with Crippen LogP contribution in [0.2, 0.25) is 0 Å². The van der Waals surface area contributed by atoms with Crippen LogP contribution in [0.4, 0.5) is 5.69 Å². The molecule has 3 aromatic carbocycles. The van der Waals surface area contributed by atoms with E-state index in [0.717, 1.165) is 19.1 Å². The van der Waals surface area contributed by atoms with Gasteiger partial charge < -0.3 is 10.1 Å². The number of amides is 1. The maximum atomic E-state index is 12.6. The predicted molar refractivity (Wildman–Crippen MR) is 130 cm³/mol. The fourth-order valence-corrected chi connectivity index (χ4v) is 4.03. The molecule has 1 unspecified atom stereocenters. The predicted octanol–water partition coefficient (Wildman–Crippen LogP) is 4.14. The Morgan fingerprint density at radius 2 is 1.72 bits per heavy atom. The van der Waals surface area contributed by atoms with Crippen molar-refractivity contribution in [1.82, 2.24) is 5.32 Å².